The van der Waals surface area contributed by atoms with Crippen molar-refractivity contribution >= 4 is 5.65 Å². The molecule has 0 saturated carbocycles. The molecular weight excluding hydrogens is 262 g/mol. The van der Waals surface area contributed by atoms with Gasteiger partial charge in [0.1, 0.15) is 12.2 Å². The van der Waals surface area contributed by atoms with Crippen molar-refractivity contribution in [2.75, 3.05) is 0 Å². The molecule has 0 radical (unpaired) electrons. The lowest BCUT2D eigenvalue weighted by Crippen LogP contribution is -2.07. The Morgan fingerprint density at radius 3 is 2.43 bits per heavy atom. The number of pyridine rings is 1. The molecule has 1 aromatic carbocycles. The van der Waals surface area contributed by atoms with Crippen molar-refractivity contribution in [3.8, 4) is 11.3 Å². The zero-order chi connectivity index (χ0) is 14.1. The van der Waals surface area contributed by atoms with Gasteiger partial charge >= 0.3 is 0 Å². The van der Waals surface area contributed by atoms with E-state index in [2.05, 4.69) is 26.7 Å². The predicted octanol–water partition coefficient (Wildman–Crippen LogP) is 2.64. The molecule has 3 aromatic heterocycles. The molecular formula is C16H13N5. The van der Waals surface area contributed by atoms with Crippen molar-refractivity contribution in [2.24, 2.45) is 0 Å². The number of hydrogen-bond acceptors (Lipinski definition) is 3. The van der Waals surface area contributed by atoms with Crippen LogP contribution < -0.4 is 0 Å². The van der Waals surface area contributed by atoms with Crippen molar-refractivity contribution < 1.29 is 0 Å². The van der Waals surface area contributed by atoms with Gasteiger partial charge in [-0.2, -0.15) is 15.0 Å². The van der Waals surface area contributed by atoms with Crippen LogP contribution in [0.4, 0.5) is 0 Å². The van der Waals surface area contributed by atoms with Crippen LogP contribution in [0.25, 0.3) is 16.9 Å². The minimum Gasteiger partial charge on any atom is -0.301 e. The maximum Gasteiger partial charge on any atom is 0.137 e. The van der Waals surface area contributed by atoms with Gasteiger partial charge in [0.25, 0.3) is 0 Å². The second-order valence-electron chi connectivity index (χ2n) is 4.76. The summed E-state index contributed by atoms with van der Waals surface area (Å²) in [5.41, 5.74) is 4.08. The van der Waals surface area contributed by atoms with Gasteiger partial charge in [0.05, 0.1) is 23.8 Å². The molecule has 0 aliphatic heterocycles. The molecule has 0 N–H and O–H groups in total. The van der Waals surface area contributed by atoms with Crippen molar-refractivity contribution in [1.82, 2.24) is 24.4 Å². The first kappa shape index (κ1) is 11.8. The number of imidazole rings is 1. The molecule has 5 heteroatoms. The summed E-state index contributed by atoms with van der Waals surface area (Å²) in [5, 5.41) is 8.39. The molecule has 21 heavy (non-hydrogen) atoms. The molecule has 102 valence electrons. The monoisotopic (exact) mass is 275 g/mol. The van der Waals surface area contributed by atoms with Crippen molar-refractivity contribution in [3.63, 3.8) is 0 Å². The molecule has 0 saturated heterocycles. The van der Waals surface area contributed by atoms with E-state index in [1.807, 2.05) is 42.6 Å². The predicted molar refractivity (Wildman–Crippen MR) is 79.8 cm³/mol. The Labute approximate surface area is 121 Å². The van der Waals surface area contributed by atoms with E-state index in [0.717, 1.165) is 22.6 Å². The molecule has 4 rings (SSSR count). The van der Waals surface area contributed by atoms with E-state index >= 15 is 0 Å². The zero-order valence-corrected chi connectivity index (χ0v) is 11.3. The quantitative estimate of drug-likeness (QED) is 0.577. The minimum atomic E-state index is 0.586. The van der Waals surface area contributed by atoms with Gasteiger partial charge in [-0.25, -0.2) is 4.98 Å². The first-order valence-corrected chi connectivity index (χ1v) is 6.77. The van der Waals surface area contributed by atoms with Gasteiger partial charge in [0.2, 0.25) is 0 Å². The highest BCUT2D eigenvalue weighted by Crippen LogP contribution is 2.24. The summed E-state index contributed by atoms with van der Waals surface area (Å²) in [6, 6.07) is 16.2. The van der Waals surface area contributed by atoms with Gasteiger partial charge in [-0.05, 0) is 12.1 Å². The third kappa shape index (κ3) is 2.08. The molecule has 0 bridgehead atoms. The van der Waals surface area contributed by atoms with Gasteiger partial charge in [-0.3, -0.25) is 0 Å². The van der Waals surface area contributed by atoms with Crippen LogP contribution in [-0.4, -0.2) is 24.4 Å². The van der Waals surface area contributed by atoms with E-state index < -0.39 is 0 Å². The van der Waals surface area contributed by atoms with Crippen LogP contribution in [0, 0.1) is 0 Å². The molecule has 0 unspecified atom stereocenters. The maximum absolute atomic E-state index is 4.76. The molecule has 5 nitrogen and oxygen atoms in total. The average Bonchev–Trinajstić information content (AvgIpc) is 3.17. The van der Waals surface area contributed by atoms with Crippen LogP contribution in [0.5, 0.6) is 0 Å². The molecule has 0 spiro atoms. The fourth-order valence-corrected chi connectivity index (χ4v) is 2.48. The number of nitrogens with zero attached hydrogens (tertiary/aromatic N) is 5. The number of fused-ring (bicyclic) bond motifs is 1. The standard InChI is InChI=1S/C16H13N5/c1-2-6-13(7-3-1)16-14(12-21-17-9-10-18-21)20-11-5-4-8-15(20)19-16/h1-11H,12H2. The highest BCUT2D eigenvalue weighted by Gasteiger charge is 2.14. The second kappa shape index (κ2) is 4.86. The first-order valence-electron chi connectivity index (χ1n) is 6.77. The summed E-state index contributed by atoms with van der Waals surface area (Å²) in [5.74, 6) is 0. The highest BCUT2D eigenvalue weighted by molar-refractivity contribution is 5.66. The zero-order valence-electron chi connectivity index (χ0n) is 11.3. The first-order chi connectivity index (χ1) is 10.4. The van der Waals surface area contributed by atoms with Gasteiger partial charge in [0, 0.05) is 11.8 Å². The lowest BCUT2D eigenvalue weighted by atomic mass is 10.1. The second-order valence-corrected chi connectivity index (χ2v) is 4.76. The lowest BCUT2D eigenvalue weighted by molar-refractivity contribution is 0.580. The number of rotatable bonds is 3. The Morgan fingerprint density at radius 1 is 0.857 bits per heavy atom. The van der Waals surface area contributed by atoms with Crippen molar-refractivity contribution in [2.45, 2.75) is 6.54 Å². The van der Waals surface area contributed by atoms with Crippen molar-refractivity contribution in [1.29, 1.82) is 0 Å². The third-order valence-electron chi connectivity index (χ3n) is 3.43. The minimum absolute atomic E-state index is 0.586. The van der Waals surface area contributed by atoms with Crippen LogP contribution in [0.1, 0.15) is 5.69 Å². The molecule has 4 aromatic rings. The Kier molecular flexibility index (Phi) is 2.74. The highest BCUT2D eigenvalue weighted by atomic mass is 15.5. The fraction of sp³-hybridized carbons (Fsp3) is 0.0625. The number of aromatic nitrogens is 5. The summed E-state index contributed by atoms with van der Waals surface area (Å²) in [6.07, 6.45) is 5.39. The van der Waals surface area contributed by atoms with Gasteiger partial charge in [0.15, 0.2) is 0 Å². The van der Waals surface area contributed by atoms with E-state index in [1.54, 1.807) is 17.2 Å². The molecule has 3 heterocycles. The summed E-state index contributed by atoms with van der Waals surface area (Å²) in [4.78, 5) is 6.43. The summed E-state index contributed by atoms with van der Waals surface area (Å²) < 4.78 is 2.09. The molecule has 0 atom stereocenters. The van der Waals surface area contributed by atoms with Crippen molar-refractivity contribution in [3.05, 3.63) is 72.8 Å². The normalized spacial score (nSPS) is 11.0. The van der Waals surface area contributed by atoms with E-state index in [-0.39, 0.29) is 0 Å². The van der Waals surface area contributed by atoms with Crippen LogP contribution >= 0.6 is 0 Å². The summed E-state index contributed by atoms with van der Waals surface area (Å²) in [6.45, 7) is 0.586. The fourth-order valence-electron chi connectivity index (χ4n) is 2.48. The third-order valence-corrected chi connectivity index (χ3v) is 3.43. The Bertz CT molecular complexity index is 862. The smallest absolute Gasteiger partial charge is 0.137 e. The maximum atomic E-state index is 4.76. The Morgan fingerprint density at radius 2 is 1.62 bits per heavy atom. The van der Waals surface area contributed by atoms with Crippen LogP contribution in [-0.2, 0) is 6.54 Å². The van der Waals surface area contributed by atoms with Gasteiger partial charge in [-0.1, -0.05) is 36.4 Å². The summed E-state index contributed by atoms with van der Waals surface area (Å²) in [7, 11) is 0. The Balaban J connectivity index is 1.93. The summed E-state index contributed by atoms with van der Waals surface area (Å²) >= 11 is 0. The van der Waals surface area contributed by atoms with E-state index in [4.69, 9.17) is 4.98 Å². The average molecular weight is 275 g/mol. The van der Waals surface area contributed by atoms with Crippen LogP contribution in [0.3, 0.4) is 0 Å². The molecule has 0 amide bonds. The van der Waals surface area contributed by atoms with E-state index in [0.29, 0.717) is 6.54 Å². The van der Waals surface area contributed by atoms with Crippen LogP contribution in [0.2, 0.25) is 0 Å². The van der Waals surface area contributed by atoms with Gasteiger partial charge < -0.3 is 4.40 Å². The molecule has 0 aliphatic carbocycles. The lowest BCUT2D eigenvalue weighted by Gasteiger charge is -2.04. The molecule has 0 fully saturated rings. The Hall–Kier alpha value is -2.95. The number of benzene rings is 1. The topological polar surface area (TPSA) is 48.0 Å². The number of hydrogen-bond donors (Lipinski definition) is 0. The van der Waals surface area contributed by atoms with Crippen LogP contribution in [0.15, 0.2) is 67.1 Å². The van der Waals surface area contributed by atoms with Gasteiger partial charge in [-0.15, -0.1) is 0 Å². The van der Waals surface area contributed by atoms with E-state index in [9.17, 15) is 0 Å². The molecule has 0 aliphatic rings. The largest absolute Gasteiger partial charge is 0.301 e. The SMILES string of the molecule is c1ccc(-c2nc3ccccn3c2Cn2nccn2)cc1. The van der Waals surface area contributed by atoms with E-state index in [1.165, 1.54) is 0 Å².